The van der Waals surface area contributed by atoms with Gasteiger partial charge in [-0.1, -0.05) is 42.5 Å². The highest BCUT2D eigenvalue weighted by molar-refractivity contribution is 5.97. The molecule has 3 heteroatoms. The number of carbonyl (C=O) groups is 1. The van der Waals surface area contributed by atoms with Crippen LogP contribution in [0.2, 0.25) is 0 Å². The Kier molecular flexibility index (Phi) is 4.91. The first-order valence-electron chi connectivity index (χ1n) is 6.60. The SMILES string of the molecule is CN(C)CC(=O)c1cccc(OCc2ccccc2)c1. The van der Waals surface area contributed by atoms with Gasteiger partial charge in [0.05, 0.1) is 6.54 Å². The third-order valence-corrected chi connectivity index (χ3v) is 2.86. The quantitative estimate of drug-likeness (QED) is 0.755. The number of ketones is 1. The maximum Gasteiger partial charge on any atom is 0.176 e. The maximum atomic E-state index is 12.0. The average molecular weight is 269 g/mol. The maximum absolute atomic E-state index is 12.0. The van der Waals surface area contributed by atoms with E-state index in [1.54, 1.807) is 6.07 Å². The van der Waals surface area contributed by atoms with Crippen molar-refractivity contribution >= 4 is 5.78 Å². The highest BCUT2D eigenvalue weighted by Gasteiger charge is 2.08. The first-order chi connectivity index (χ1) is 9.65. The number of benzene rings is 2. The van der Waals surface area contributed by atoms with Crippen LogP contribution in [0.5, 0.6) is 5.75 Å². The molecule has 0 spiro atoms. The molecule has 0 aliphatic rings. The standard InChI is InChI=1S/C17H19NO2/c1-18(2)12-17(19)15-9-6-10-16(11-15)20-13-14-7-4-3-5-8-14/h3-11H,12-13H2,1-2H3. The van der Waals surface area contributed by atoms with E-state index >= 15 is 0 Å². The van der Waals surface area contributed by atoms with Crippen molar-refractivity contribution in [3.05, 3.63) is 65.7 Å². The van der Waals surface area contributed by atoms with Crippen LogP contribution in [0.3, 0.4) is 0 Å². The molecular formula is C17H19NO2. The largest absolute Gasteiger partial charge is 0.489 e. The van der Waals surface area contributed by atoms with Crippen molar-refractivity contribution in [2.45, 2.75) is 6.61 Å². The fraction of sp³-hybridized carbons (Fsp3) is 0.235. The third-order valence-electron chi connectivity index (χ3n) is 2.86. The number of likely N-dealkylation sites (N-methyl/N-ethyl adjacent to an activating group) is 1. The number of rotatable bonds is 6. The van der Waals surface area contributed by atoms with Gasteiger partial charge in [0, 0.05) is 5.56 Å². The van der Waals surface area contributed by atoms with E-state index in [2.05, 4.69) is 0 Å². The normalized spacial score (nSPS) is 10.6. The number of hydrogen-bond donors (Lipinski definition) is 0. The van der Waals surface area contributed by atoms with Gasteiger partial charge in [-0.25, -0.2) is 0 Å². The smallest absolute Gasteiger partial charge is 0.176 e. The first-order valence-corrected chi connectivity index (χ1v) is 6.60. The molecule has 3 nitrogen and oxygen atoms in total. The number of nitrogens with zero attached hydrogens (tertiary/aromatic N) is 1. The molecule has 0 unspecified atom stereocenters. The summed E-state index contributed by atoms with van der Waals surface area (Å²) in [5.74, 6) is 0.818. The van der Waals surface area contributed by atoms with E-state index in [-0.39, 0.29) is 5.78 Å². The Morgan fingerprint density at radius 2 is 1.80 bits per heavy atom. The molecule has 2 rings (SSSR count). The molecule has 2 aromatic carbocycles. The van der Waals surface area contributed by atoms with Gasteiger partial charge in [0.15, 0.2) is 5.78 Å². The van der Waals surface area contributed by atoms with Crippen LogP contribution in [-0.4, -0.2) is 31.3 Å². The molecule has 0 bridgehead atoms. The molecule has 0 aliphatic heterocycles. The summed E-state index contributed by atoms with van der Waals surface area (Å²) < 4.78 is 5.72. The molecule has 0 heterocycles. The van der Waals surface area contributed by atoms with Gasteiger partial charge in [0.2, 0.25) is 0 Å². The van der Waals surface area contributed by atoms with Crippen LogP contribution in [0.25, 0.3) is 0 Å². The lowest BCUT2D eigenvalue weighted by Gasteiger charge is -2.10. The number of hydrogen-bond acceptors (Lipinski definition) is 3. The molecule has 104 valence electrons. The second-order valence-corrected chi connectivity index (χ2v) is 4.96. The molecule has 0 aliphatic carbocycles. The molecule has 0 atom stereocenters. The van der Waals surface area contributed by atoms with Gasteiger partial charge in [0.1, 0.15) is 12.4 Å². The third kappa shape index (κ3) is 4.21. The van der Waals surface area contributed by atoms with Crippen LogP contribution in [0, 0.1) is 0 Å². The van der Waals surface area contributed by atoms with Gasteiger partial charge in [-0.05, 0) is 31.8 Å². The van der Waals surface area contributed by atoms with Gasteiger partial charge in [-0.15, -0.1) is 0 Å². The Labute approximate surface area is 119 Å². The lowest BCUT2D eigenvalue weighted by atomic mass is 10.1. The van der Waals surface area contributed by atoms with Crippen molar-refractivity contribution in [2.24, 2.45) is 0 Å². The van der Waals surface area contributed by atoms with Crippen LogP contribution in [0.1, 0.15) is 15.9 Å². The lowest BCUT2D eigenvalue weighted by Crippen LogP contribution is -2.21. The highest BCUT2D eigenvalue weighted by Crippen LogP contribution is 2.15. The Morgan fingerprint density at radius 3 is 2.50 bits per heavy atom. The van der Waals surface area contributed by atoms with Crippen molar-refractivity contribution < 1.29 is 9.53 Å². The van der Waals surface area contributed by atoms with Gasteiger partial charge in [-0.2, -0.15) is 0 Å². The molecule has 20 heavy (non-hydrogen) atoms. The summed E-state index contributed by atoms with van der Waals surface area (Å²) in [4.78, 5) is 13.8. The summed E-state index contributed by atoms with van der Waals surface area (Å²) in [5.41, 5.74) is 1.79. The van der Waals surface area contributed by atoms with Crippen molar-refractivity contribution in [1.82, 2.24) is 4.90 Å². The van der Waals surface area contributed by atoms with E-state index in [0.717, 1.165) is 11.3 Å². The lowest BCUT2D eigenvalue weighted by molar-refractivity contribution is 0.0957. The summed E-state index contributed by atoms with van der Waals surface area (Å²) in [6.07, 6.45) is 0. The summed E-state index contributed by atoms with van der Waals surface area (Å²) in [5, 5.41) is 0. The minimum Gasteiger partial charge on any atom is -0.489 e. The van der Waals surface area contributed by atoms with E-state index in [0.29, 0.717) is 18.7 Å². The summed E-state index contributed by atoms with van der Waals surface area (Å²) in [6.45, 7) is 0.911. The van der Waals surface area contributed by atoms with E-state index in [4.69, 9.17) is 4.74 Å². The van der Waals surface area contributed by atoms with Gasteiger partial charge >= 0.3 is 0 Å². The predicted octanol–water partition coefficient (Wildman–Crippen LogP) is 3.01. The minimum atomic E-state index is 0.0974. The fourth-order valence-electron chi connectivity index (χ4n) is 1.88. The second-order valence-electron chi connectivity index (χ2n) is 4.96. The summed E-state index contributed by atoms with van der Waals surface area (Å²) in [6, 6.07) is 17.3. The predicted molar refractivity (Wildman–Crippen MR) is 80.1 cm³/mol. The number of Topliss-reactive ketones (excluding diaryl/α,β-unsaturated/α-hetero) is 1. The number of carbonyl (C=O) groups excluding carboxylic acids is 1. The van der Waals surface area contributed by atoms with Gasteiger partial charge in [-0.3, -0.25) is 4.79 Å². The Hall–Kier alpha value is -2.13. The van der Waals surface area contributed by atoms with E-state index < -0.39 is 0 Å². The average Bonchev–Trinajstić information content (AvgIpc) is 2.46. The van der Waals surface area contributed by atoms with Crippen LogP contribution >= 0.6 is 0 Å². The van der Waals surface area contributed by atoms with Crippen molar-refractivity contribution in [2.75, 3.05) is 20.6 Å². The van der Waals surface area contributed by atoms with Gasteiger partial charge in [0.25, 0.3) is 0 Å². The molecule has 0 aromatic heterocycles. The van der Waals surface area contributed by atoms with Crippen LogP contribution in [0.15, 0.2) is 54.6 Å². The van der Waals surface area contributed by atoms with Crippen molar-refractivity contribution in [3.63, 3.8) is 0 Å². The minimum absolute atomic E-state index is 0.0974. The second kappa shape index (κ2) is 6.87. The molecule has 0 amide bonds. The molecule has 0 fully saturated rings. The van der Waals surface area contributed by atoms with E-state index in [1.807, 2.05) is 67.5 Å². The fourth-order valence-corrected chi connectivity index (χ4v) is 1.88. The summed E-state index contributed by atoms with van der Waals surface area (Å²) in [7, 11) is 3.77. The molecular weight excluding hydrogens is 250 g/mol. The highest BCUT2D eigenvalue weighted by atomic mass is 16.5. The summed E-state index contributed by atoms with van der Waals surface area (Å²) >= 11 is 0. The Bertz CT molecular complexity index is 564. The number of ether oxygens (including phenoxy) is 1. The van der Waals surface area contributed by atoms with Crippen molar-refractivity contribution in [3.8, 4) is 5.75 Å². The Balaban J connectivity index is 2.01. The molecule has 0 saturated carbocycles. The molecule has 0 radical (unpaired) electrons. The molecule has 0 saturated heterocycles. The molecule has 0 N–H and O–H groups in total. The van der Waals surface area contributed by atoms with Crippen LogP contribution < -0.4 is 4.74 Å². The van der Waals surface area contributed by atoms with Crippen molar-refractivity contribution in [1.29, 1.82) is 0 Å². The zero-order chi connectivity index (χ0) is 14.4. The molecule has 2 aromatic rings. The first kappa shape index (κ1) is 14.3. The van der Waals surface area contributed by atoms with E-state index in [9.17, 15) is 4.79 Å². The zero-order valence-electron chi connectivity index (χ0n) is 11.9. The monoisotopic (exact) mass is 269 g/mol. The zero-order valence-corrected chi connectivity index (χ0v) is 11.9. The topological polar surface area (TPSA) is 29.5 Å². The van der Waals surface area contributed by atoms with Crippen LogP contribution in [0.4, 0.5) is 0 Å². The van der Waals surface area contributed by atoms with E-state index in [1.165, 1.54) is 0 Å². The van der Waals surface area contributed by atoms with Gasteiger partial charge < -0.3 is 9.64 Å². The Morgan fingerprint density at radius 1 is 1.05 bits per heavy atom. The van der Waals surface area contributed by atoms with Crippen LogP contribution in [-0.2, 0) is 6.61 Å².